The summed E-state index contributed by atoms with van der Waals surface area (Å²) in [6, 6.07) is 14.8. The minimum atomic E-state index is -0.807. The highest BCUT2D eigenvalue weighted by atomic mass is 19.1. The molecule has 6 rings (SSSR count). The van der Waals surface area contributed by atoms with Crippen LogP contribution in [-0.4, -0.2) is 123 Å². The average Bonchev–Trinajstić information content (AvgIpc) is 3.26. The first kappa shape index (κ1) is 57.4. The summed E-state index contributed by atoms with van der Waals surface area (Å²) in [5.41, 5.74) is -1.98. The van der Waals surface area contributed by atoms with Gasteiger partial charge in [0.25, 0.3) is 5.91 Å². The zero-order chi connectivity index (χ0) is 55.8. The molecular formula is C53H72FN11O11. The smallest absolute Gasteiger partial charge is 0.407 e. The Labute approximate surface area is 442 Å². The van der Waals surface area contributed by atoms with Gasteiger partial charge in [0.15, 0.2) is 0 Å². The molecule has 5 amide bonds. The summed E-state index contributed by atoms with van der Waals surface area (Å²) in [4.78, 5) is 84.8. The van der Waals surface area contributed by atoms with Crippen molar-refractivity contribution >= 4 is 59.5 Å². The number of phenolic OH excluding ortho intramolecular Hbond substituents is 1. The first-order chi connectivity index (χ1) is 35.4. The third-order valence-corrected chi connectivity index (χ3v) is 10.9. The van der Waals surface area contributed by atoms with Crippen LogP contribution in [0.2, 0.25) is 0 Å². The summed E-state index contributed by atoms with van der Waals surface area (Å²) in [7, 11) is 0. The molecule has 412 valence electrons. The van der Waals surface area contributed by atoms with E-state index in [1.54, 1.807) is 111 Å². The number of nitrogens with one attached hydrogen (secondary N) is 6. The van der Waals surface area contributed by atoms with Crippen molar-refractivity contribution in [2.75, 3.05) is 46.6 Å². The number of aromatic nitrogens is 3. The minimum absolute atomic E-state index is 0.0137. The number of phenols is 1. The molecule has 3 aromatic carbocycles. The Kier molecular flexibility index (Phi) is 18.0. The maximum Gasteiger partial charge on any atom is 0.407 e. The highest BCUT2D eigenvalue weighted by Crippen LogP contribution is 2.33. The Morgan fingerprint density at radius 1 is 0.592 bits per heavy atom. The van der Waals surface area contributed by atoms with Crippen LogP contribution in [0.4, 0.5) is 52.8 Å². The van der Waals surface area contributed by atoms with Gasteiger partial charge >= 0.3 is 24.4 Å². The maximum absolute atomic E-state index is 13.9. The number of amides is 5. The monoisotopic (exact) mass is 1060 g/mol. The summed E-state index contributed by atoms with van der Waals surface area (Å²) in [5, 5.41) is 28.2. The highest BCUT2D eigenvalue weighted by Gasteiger charge is 2.36. The van der Waals surface area contributed by atoms with Crippen LogP contribution in [0.3, 0.4) is 0 Å². The number of halogens is 1. The van der Waals surface area contributed by atoms with E-state index in [1.807, 2.05) is 30.3 Å². The van der Waals surface area contributed by atoms with E-state index in [9.17, 15) is 33.5 Å². The number of carbonyl (C=O) groups excluding carboxylic acids is 5. The van der Waals surface area contributed by atoms with Crippen molar-refractivity contribution in [3.63, 3.8) is 0 Å². The molecule has 0 unspecified atom stereocenters. The molecule has 76 heavy (non-hydrogen) atoms. The van der Waals surface area contributed by atoms with Gasteiger partial charge in [-0.3, -0.25) is 4.79 Å². The second-order valence-electron chi connectivity index (χ2n) is 22.6. The Bertz CT molecular complexity index is 2530. The van der Waals surface area contributed by atoms with Crippen molar-refractivity contribution in [2.24, 2.45) is 0 Å². The van der Waals surface area contributed by atoms with E-state index in [1.165, 1.54) is 0 Å². The van der Waals surface area contributed by atoms with Crippen molar-refractivity contribution in [3.05, 3.63) is 83.7 Å². The van der Waals surface area contributed by atoms with Gasteiger partial charge in [0, 0.05) is 44.0 Å². The molecule has 2 fully saturated rings. The van der Waals surface area contributed by atoms with Crippen LogP contribution in [0.15, 0.2) is 66.7 Å². The van der Waals surface area contributed by atoms with E-state index in [-0.39, 0.29) is 80.5 Å². The van der Waals surface area contributed by atoms with Crippen LogP contribution in [0, 0.1) is 5.82 Å². The minimum Gasteiger partial charge on any atom is -0.507 e. The number of hydrogen-bond donors (Lipinski definition) is 7. The van der Waals surface area contributed by atoms with Crippen LogP contribution < -0.4 is 46.4 Å². The second kappa shape index (κ2) is 23.8. The SMILES string of the molecule is CC(C)(C)OC(=O)N[C@@H]1C[C@H](NC(=O)OC(C)(C)C)CN(c2nc(Nc3ccc(NC(=O)c4ccc(F)cc4O)c(OCc4ccccc4)c3)nc(N3C[C@H](NC(=O)OC(C)(C)C)C[C@H](NC(=O)OC(C)(C)C)C3)n2)C1. The van der Waals surface area contributed by atoms with Crippen molar-refractivity contribution in [1.82, 2.24) is 36.2 Å². The maximum atomic E-state index is 13.9. The van der Waals surface area contributed by atoms with E-state index in [2.05, 4.69) is 31.9 Å². The van der Waals surface area contributed by atoms with Gasteiger partial charge in [-0.1, -0.05) is 30.3 Å². The molecule has 0 spiro atoms. The second-order valence-corrected chi connectivity index (χ2v) is 22.6. The van der Waals surface area contributed by atoms with Crippen LogP contribution in [0.25, 0.3) is 0 Å². The zero-order valence-electron chi connectivity index (χ0n) is 45.3. The molecule has 1 aromatic heterocycles. The van der Waals surface area contributed by atoms with Crippen molar-refractivity contribution in [1.29, 1.82) is 0 Å². The topological polar surface area (TPSA) is 269 Å². The number of piperidine rings is 2. The molecule has 0 bridgehead atoms. The molecule has 4 atom stereocenters. The lowest BCUT2D eigenvalue weighted by Gasteiger charge is -2.40. The molecule has 0 radical (unpaired) electrons. The lowest BCUT2D eigenvalue weighted by Crippen LogP contribution is -2.59. The molecule has 0 aliphatic carbocycles. The van der Waals surface area contributed by atoms with Crippen molar-refractivity contribution in [3.8, 4) is 11.5 Å². The molecule has 3 heterocycles. The van der Waals surface area contributed by atoms with E-state index >= 15 is 0 Å². The number of aromatic hydroxyl groups is 1. The first-order valence-corrected chi connectivity index (χ1v) is 25.0. The number of alkyl carbamates (subject to hydrolysis) is 4. The molecule has 23 heteroatoms. The summed E-state index contributed by atoms with van der Waals surface area (Å²) in [5.74, 6) is -1.56. The van der Waals surface area contributed by atoms with Crippen LogP contribution in [0.5, 0.6) is 11.5 Å². The lowest BCUT2D eigenvalue weighted by molar-refractivity contribution is 0.0452. The van der Waals surface area contributed by atoms with Gasteiger partial charge in [0.2, 0.25) is 17.8 Å². The van der Waals surface area contributed by atoms with Gasteiger partial charge in [0.05, 0.1) is 35.4 Å². The van der Waals surface area contributed by atoms with Crippen LogP contribution in [-0.2, 0) is 25.6 Å². The van der Waals surface area contributed by atoms with Gasteiger partial charge in [-0.25, -0.2) is 23.6 Å². The highest BCUT2D eigenvalue weighted by molar-refractivity contribution is 6.07. The van der Waals surface area contributed by atoms with Crippen LogP contribution >= 0.6 is 0 Å². The third kappa shape index (κ3) is 18.5. The lowest BCUT2D eigenvalue weighted by atomic mass is 10.0. The van der Waals surface area contributed by atoms with Gasteiger partial charge in [0.1, 0.15) is 46.3 Å². The molecule has 0 saturated carbocycles. The number of benzene rings is 3. The number of anilines is 5. The molecule has 22 nitrogen and oxygen atoms in total. The number of hydrogen-bond acceptors (Lipinski definition) is 17. The quantitative estimate of drug-likeness (QED) is 0.0621. The average molecular weight is 1060 g/mol. The predicted octanol–water partition coefficient (Wildman–Crippen LogP) is 8.28. The molecule has 4 aromatic rings. The van der Waals surface area contributed by atoms with E-state index in [0.29, 0.717) is 5.69 Å². The van der Waals surface area contributed by atoms with Gasteiger partial charge < -0.3 is 70.5 Å². The van der Waals surface area contributed by atoms with Crippen molar-refractivity contribution in [2.45, 2.75) is 149 Å². The fraction of sp³-hybridized carbons (Fsp3) is 0.509. The molecular weight excluding hydrogens is 986 g/mol. The number of nitrogens with zero attached hydrogens (tertiary/aromatic N) is 5. The predicted molar refractivity (Wildman–Crippen MR) is 283 cm³/mol. The summed E-state index contributed by atoms with van der Waals surface area (Å²) in [6.07, 6.45) is -2.11. The Morgan fingerprint density at radius 2 is 1.03 bits per heavy atom. The molecule has 2 aliphatic heterocycles. The largest absolute Gasteiger partial charge is 0.507 e. The number of rotatable bonds is 13. The number of carbonyl (C=O) groups is 5. The Balaban J connectivity index is 1.42. The van der Waals surface area contributed by atoms with Gasteiger partial charge in [-0.05, 0) is 126 Å². The fourth-order valence-corrected chi connectivity index (χ4v) is 8.11. The molecule has 2 saturated heterocycles. The van der Waals surface area contributed by atoms with Crippen molar-refractivity contribution < 1.29 is 57.2 Å². The molecule has 7 N–H and O–H groups in total. The summed E-state index contributed by atoms with van der Waals surface area (Å²) in [6.45, 7) is 21.6. The van der Waals surface area contributed by atoms with E-state index < -0.39 is 88.4 Å². The normalized spacial score (nSPS) is 18.1. The number of ether oxygens (including phenoxy) is 5. The fourth-order valence-electron chi connectivity index (χ4n) is 8.11. The third-order valence-electron chi connectivity index (χ3n) is 10.9. The van der Waals surface area contributed by atoms with E-state index in [4.69, 9.17) is 38.6 Å². The van der Waals surface area contributed by atoms with E-state index in [0.717, 1.165) is 23.8 Å². The Morgan fingerprint density at radius 3 is 1.43 bits per heavy atom. The zero-order valence-corrected chi connectivity index (χ0v) is 45.3. The summed E-state index contributed by atoms with van der Waals surface area (Å²) < 4.78 is 42.6. The van der Waals surface area contributed by atoms with Crippen LogP contribution in [0.1, 0.15) is 112 Å². The summed E-state index contributed by atoms with van der Waals surface area (Å²) >= 11 is 0. The standard InChI is InChI=1S/C53H72FN11O11/c1-50(2,3)73-46(68)56-34-23-35(57-47(69)74-51(4,5)6)27-64(26-34)44-61-43(62-45(63-44)65-28-36(58-48(70)75-52(7,8)9)24-37(29-65)59-49(71)76-53(10,11)12)55-33-19-21-39(41(25-33)72-30-31-16-14-13-15-17-31)60-42(67)38-20-18-32(54)22-40(38)66/h13-22,25,34-37,66H,23-24,26-30H2,1-12H3,(H,56,68)(H,57,69)(H,58,70)(H,59,71)(H,60,67)(H,55,61,62,63)/t34-,35+,36-,37+. The van der Waals surface area contributed by atoms with Gasteiger partial charge in [-0.2, -0.15) is 15.0 Å². The molecule has 2 aliphatic rings. The first-order valence-electron chi connectivity index (χ1n) is 25.0. The van der Waals surface area contributed by atoms with Gasteiger partial charge in [-0.15, -0.1) is 0 Å². The Hall–Kier alpha value is -7.85.